The van der Waals surface area contributed by atoms with E-state index in [1.54, 1.807) is 34.6 Å². The van der Waals surface area contributed by atoms with Gasteiger partial charge in [-0.2, -0.15) is 0 Å². The van der Waals surface area contributed by atoms with Crippen LogP contribution in [0.25, 0.3) is 0 Å². The van der Waals surface area contributed by atoms with Gasteiger partial charge in [-0.3, -0.25) is 4.79 Å². The fourth-order valence-electron chi connectivity index (χ4n) is 2.82. The monoisotopic (exact) mass is 274 g/mol. The molecule has 0 spiro atoms. The average Bonchev–Trinajstić information content (AvgIpc) is 2.27. The molecule has 1 aliphatic rings. The number of hydrogen-bond donors (Lipinski definition) is 0. The van der Waals surface area contributed by atoms with Crippen LogP contribution < -0.4 is 0 Å². The van der Waals surface area contributed by atoms with E-state index in [1.165, 1.54) is 0 Å². The lowest BCUT2D eigenvalue weighted by molar-refractivity contribution is -0.128. The summed E-state index contributed by atoms with van der Waals surface area (Å²) in [4.78, 5) is 12.4. The third kappa shape index (κ3) is 2.79. The molecule has 0 heterocycles. The van der Waals surface area contributed by atoms with Crippen LogP contribution in [-0.2, 0) is 14.6 Å². The number of rotatable bonds is 3. The molecule has 0 bridgehead atoms. The van der Waals surface area contributed by atoms with Crippen molar-refractivity contribution in [1.29, 1.82) is 0 Å². The molecule has 0 aromatic carbocycles. The molecule has 0 radical (unpaired) electrons. The van der Waals surface area contributed by atoms with E-state index in [0.29, 0.717) is 12.8 Å². The molecule has 0 N–H and O–H groups in total. The Hall–Kier alpha value is -0.380. The van der Waals surface area contributed by atoms with Gasteiger partial charge in [-0.05, 0) is 26.7 Å². The van der Waals surface area contributed by atoms with Crippen LogP contribution in [0.3, 0.4) is 0 Å². The minimum atomic E-state index is -3.39. The predicted octanol–water partition coefficient (Wildman–Crippen LogP) is 3.13. The van der Waals surface area contributed by atoms with Crippen LogP contribution in [-0.4, -0.2) is 24.2 Å². The summed E-state index contributed by atoms with van der Waals surface area (Å²) in [6, 6.07) is 0. The molecule has 0 aliphatic heterocycles. The summed E-state index contributed by atoms with van der Waals surface area (Å²) in [6.07, 6.45) is 4.46. The van der Waals surface area contributed by atoms with E-state index in [2.05, 4.69) is 0 Å². The molecule has 1 aliphatic carbocycles. The van der Waals surface area contributed by atoms with Crippen LogP contribution in [0, 0.1) is 5.41 Å². The van der Waals surface area contributed by atoms with Gasteiger partial charge in [0.1, 0.15) is 4.75 Å². The van der Waals surface area contributed by atoms with Gasteiger partial charge in [0.15, 0.2) is 15.6 Å². The number of ketones is 1. The van der Waals surface area contributed by atoms with Crippen LogP contribution in [0.5, 0.6) is 0 Å². The SMILES string of the molecule is CC(C)(C)C(=O)C(C)(C)S(=O)(=O)C1CCCCC1. The van der Waals surface area contributed by atoms with Crippen molar-refractivity contribution in [2.24, 2.45) is 5.41 Å². The first kappa shape index (κ1) is 15.7. The van der Waals surface area contributed by atoms with Crippen LogP contribution in [0.15, 0.2) is 0 Å². The molecule has 1 rings (SSSR count). The van der Waals surface area contributed by atoms with E-state index in [9.17, 15) is 13.2 Å². The molecule has 0 atom stereocenters. The Morgan fingerprint density at radius 1 is 0.944 bits per heavy atom. The third-order valence-corrected chi connectivity index (χ3v) is 6.89. The maximum absolute atomic E-state index is 12.7. The molecular weight excluding hydrogens is 248 g/mol. The smallest absolute Gasteiger partial charge is 0.165 e. The minimum Gasteiger partial charge on any atom is -0.297 e. The van der Waals surface area contributed by atoms with Gasteiger partial charge in [-0.25, -0.2) is 8.42 Å². The van der Waals surface area contributed by atoms with Crippen molar-refractivity contribution in [3.05, 3.63) is 0 Å². The molecule has 106 valence electrons. The predicted molar refractivity (Wildman–Crippen MR) is 74.3 cm³/mol. The van der Waals surface area contributed by atoms with E-state index in [0.717, 1.165) is 19.3 Å². The molecule has 0 aromatic heterocycles. The number of carbonyl (C=O) groups excluding carboxylic acids is 1. The molecule has 1 saturated carbocycles. The van der Waals surface area contributed by atoms with Crippen molar-refractivity contribution >= 4 is 15.6 Å². The van der Waals surface area contributed by atoms with Gasteiger partial charge in [-0.1, -0.05) is 40.0 Å². The summed E-state index contributed by atoms with van der Waals surface area (Å²) in [5.74, 6) is -0.180. The summed E-state index contributed by atoms with van der Waals surface area (Å²) in [7, 11) is -3.39. The van der Waals surface area contributed by atoms with Gasteiger partial charge < -0.3 is 0 Å². The molecule has 3 nitrogen and oxygen atoms in total. The highest BCUT2D eigenvalue weighted by molar-refractivity contribution is 7.94. The summed E-state index contributed by atoms with van der Waals surface area (Å²) >= 11 is 0. The first-order chi connectivity index (χ1) is 8.01. The van der Waals surface area contributed by atoms with Crippen molar-refractivity contribution in [3.63, 3.8) is 0 Å². The Kier molecular flexibility index (Phi) is 4.31. The van der Waals surface area contributed by atoms with Crippen LogP contribution >= 0.6 is 0 Å². The molecular formula is C14H26O3S. The average molecular weight is 274 g/mol. The van der Waals surface area contributed by atoms with Crippen molar-refractivity contribution < 1.29 is 13.2 Å². The van der Waals surface area contributed by atoms with Gasteiger partial charge in [0, 0.05) is 5.41 Å². The highest BCUT2D eigenvalue weighted by atomic mass is 32.2. The maximum atomic E-state index is 12.7. The topological polar surface area (TPSA) is 51.2 Å². The zero-order chi connectivity index (χ0) is 14.2. The molecule has 0 aromatic rings. The number of Topliss-reactive ketones (excluding diaryl/α,β-unsaturated/α-hetero) is 1. The van der Waals surface area contributed by atoms with Crippen molar-refractivity contribution in [2.75, 3.05) is 0 Å². The Morgan fingerprint density at radius 3 is 1.78 bits per heavy atom. The van der Waals surface area contributed by atoms with Gasteiger partial charge >= 0.3 is 0 Å². The summed E-state index contributed by atoms with van der Waals surface area (Å²) < 4.78 is 24.1. The fraction of sp³-hybridized carbons (Fsp3) is 0.929. The van der Waals surface area contributed by atoms with E-state index >= 15 is 0 Å². The molecule has 1 fully saturated rings. The van der Waals surface area contributed by atoms with Gasteiger partial charge in [0.25, 0.3) is 0 Å². The second kappa shape index (κ2) is 4.95. The molecule has 0 unspecified atom stereocenters. The number of hydrogen-bond acceptors (Lipinski definition) is 3. The summed E-state index contributed by atoms with van der Waals surface area (Å²) in [5, 5.41) is -0.326. The lowest BCUT2D eigenvalue weighted by atomic mass is 9.84. The van der Waals surface area contributed by atoms with Crippen molar-refractivity contribution in [1.82, 2.24) is 0 Å². The van der Waals surface area contributed by atoms with Crippen LogP contribution in [0.4, 0.5) is 0 Å². The first-order valence-electron chi connectivity index (χ1n) is 6.79. The Balaban J connectivity index is 3.06. The summed E-state index contributed by atoms with van der Waals surface area (Å²) in [6.45, 7) is 8.50. The van der Waals surface area contributed by atoms with Crippen molar-refractivity contribution in [2.45, 2.75) is 76.7 Å². The second-order valence-electron chi connectivity index (χ2n) is 6.89. The van der Waals surface area contributed by atoms with Crippen LogP contribution in [0.2, 0.25) is 0 Å². The van der Waals surface area contributed by atoms with Gasteiger partial charge in [0.2, 0.25) is 0 Å². The number of sulfone groups is 1. The Labute approximate surface area is 111 Å². The lowest BCUT2D eigenvalue weighted by Crippen LogP contribution is -2.50. The zero-order valence-corrected chi connectivity index (χ0v) is 13.1. The molecule has 0 saturated heterocycles. The first-order valence-corrected chi connectivity index (χ1v) is 8.34. The Morgan fingerprint density at radius 2 is 1.39 bits per heavy atom. The van der Waals surface area contributed by atoms with E-state index in [1.807, 2.05) is 0 Å². The van der Waals surface area contributed by atoms with Crippen LogP contribution in [0.1, 0.15) is 66.7 Å². The van der Waals surface area contributed by atoms with Gasteiger partial charge in [-0.15, -0.1) is 0 Å². The normalized spacial score (nSPS) is 19.8. The highest BCUT2D eigenvalue weighted by Gasteiger charge is 2.49. The maximum Gasteiger partial charge on any atom is 0.165 e. The third-order valence-electron chi connectivity index (χ3n) is 3.93. The second-order valence-corrected chi connectivity index (χ2v) is 9.67. The number of carbonyl (C=O) groups is 1. The Bertz CT molecular complexity index is 407. The lowest BCUT2D eigenvalue weighted by Gasteiger charge is -2.34. The van der Waals surface area contributed by atoms with E-state index in [4.69, 9.17) is 0 Å². The van der Waals surface area contributed by atoms with Gasteiger partial charge in [0.05, 0.1) is 5.25 Å². The summed E-state index contributed by atoms with van der Waals surface area (Å²) in [5.41, 5.74) is -0.620. The zero-order valence-electron chi connectivity index (χ0n) is 12.2. The standard InChI is InChI=1S/C14H26O3S/c1-13(2,3)12(15)14(4,5)18(16,17)11-9-7-6-8-10-11/h11H,6-10H2,1-5H3. The minimum absolute atomic E-state index is 0.180. The molecule has 18 heavy (non-hydrogen) atoms. The quantitative estimate of drug-likeness (QED) is 0.794. The van der Waals surface area contributed by atoms with E-state index < -0.39 is 20.0 Å². The van der Waals surface area contributed by atoms with E-state index in [-0.39, 0.29) is 11.0 Å². The molecule has 4 heteroatoms. The fourth-order valence-corrected chi connectivity index (χ4v) is 5.18. The highest BCUT2D eigenvalue weighted by Crippen LogP contribution is 2.35. The van der Waals surface area contributed by atoms with Crippen molar-refractivity contribution in [3.8, 4) is 0 Å². The molecule has 0 amide bonds. The largest absolute Gasteiger partial charge is 0.297 e.